The van der Waals surface area contributed by atoms with Crippen LogP contribution in [0.2, 0.25) is 5.02 Å². The van der Waals surface area contributed by atoms with Crippen molar-refractivity contribution in [2.45, 2.75) is 26.4 Å². The lowest BCUT2D eigenvalue weighted by molar-refractivity contribution is 0.692. The Morgan fingerprint density at radius 3 is 2.62 bits per heavy atom. The maximum absolute atomic E-state index is 5.86. The lowest BCUT2D eigenvalue weighted by Crippen LogP contribution is -2.36. The van der Waals surface area contributed by atoms with Crippen molar-refractivity contribution >= 4 is 28.9 Å². The quantitative estimate of drug-likeness (QED) is 0.849. The van der Waals surface area contributed by atoms with Gasteiger partial charge in [0, 0.05) is 30.4 Å². The van der Waals surface area contributed by atoms with Crippen LogP contribution in [0.1, 0.15) is 29.8 Å². The Hall–Kier alpha value is -1.59. The number of nitrogens with one attached hydrogen (secondary N) is 2. The summed E-state index contributed by atoms with van der Waals surface area (Å²) in [5.41, 5.74) is 3.29. The Morgan fingerprint density at radius 2 is 2.05 bits per heavy atom. The molecule has 1 aromatic heterocycles. The van der Waals surface area contributed by atoms with Crippen LogP contribution in [0.5, 0.6) is 0 Å². The van der Waals surface area contributed by atoms with E-state index in [-0.39, 0.29) is 6.04 Å². The lowest BCUT2D eigenvalue weighted by atomic mass is 10.1. The summed E-state index contributed by atoms with van der Waals surface area (Å²) in [6.45, 7) is 4.74. The first-order chi connectivity index (χ1) is 9.95. The van der Waals surface area contributed by atoms with Gasteiger partial charge in [-0.05, 0) is 43.8 Å². The molecule has 1 heterocycles. The Morgan fingerprint density at radius 1 is 1.38 bits per heavy atom. The van der Waals surface area contributed by atoms with E-state index in [9.17, 15) is 0 Å². The molecule has 21 heavy (non-hydrogen) atoms. The maximum atomic E-state index is 5.86. The summed E-state index contributed by atoms with van der Waals surface area (Å²) in [4.78, 5) is 0. The van der Waals surface area contributed by atoms with Gasteiger partial charge in [-0.1, -0.05) is 23.7 Å². The van der Waals surface area contributed by atoms with E-state index in [0.29, 0.717) is 11.7 Å². The van der Waals surface area contributed by atoms with E-state index in [2.05, 4.69) is 22.7 Å². The van der Waals surface area contributed by atoms with E-state index < -0.39 is 0 Å². The van der Waals surface area contributed by atoms with Gasteiger partial charge >= 0.3 is 0 Å². The van der Waals surface area contributed by atoms with Gasteiger partial charge in [0.2, 0.25) is 0 Å². The van der Waals surface area contributed by atoms with Crippen LogP contribution in [0, 0.1) is 6.92 Å². The van der Waals surface area contributed by atoms with E-state index in [1.54, 1.807) is 0 Å². The predicted octanol–water partition coefficient (Wildman–Crippen LogP) is 3.11. The van der Waals surface area contributed by atoms with Crippen molar-refractivity contribution in [3.63, 3.8) is 0 Å². The fraction of sp³-hybridized carbons (Fsp3) is 0.333. The molecule has 2 N–H and O–H groups in total. The van der Waals surface area contributed by atoms with Gasteiger partial charge in [0.05, 0.1) is 11.7 Å². The summed E-state index contributed by atoms with van der Waals surface area (Å²) in [5, 5.41) is 12.2. The van der Waals surface area contributed by atoms with Crippen LogP contribution in [0.25, 0.3) is 0 Å². The summed E-state index contributed by atoms with van der Waals surface area (Å²) in [6.07, 6.45) is 2.01. The van der Waals surface area contributed by atoms with Crippen molar-refractivity contribution in [1.82, 2.24) is 20.4 Å². The van der Waals surface area contributed by atoms with Crippen molar-refractivity contribution in [3.05, 3.63) is 52.3 Å². The normalized spacial score (nSPS) is 12.0. The number of hydrogen-bond donors (Lipinski definition) is 2. The third-order valence-corrected chi connectivity index (χ3v) is 3.75. The van der Waals surface area contributed by atoms with Gasteiger partial charge < -0.3 is 10.6 Å². The summed E-state index contributed by atoms with van der Waals surface area (Å²) in [7, 11) is 1.92. The molecule has 1 unspecified atom stereocenters. The van der Waals surface area contributed by atoms with Crippen LogP contribution >= 0.6 is 23.8 Å². The van der Waals surface area contributed by atoms with Crippen LogP contribution in [0.3, 0.4) is 0 Å². The number of thiocarbonyl (C=S) groups is 1. The molecule has 0 aliphatic heterocycles. The minimum absolute atomic E-state index is 0.115. The van der Waals surface area contributed by atoms with Crippen molar-refractivity contribution in [2.24, 2.45) is 7.05 Å². The number of hydrogen-bond acceptors (Lipinski definition) is 2. The standard InChI is InChI=1S/C15H19ClN4S/c1-10(14-9-20(3)19-11(14)2)18-15(21)17-8-12-4-6-13(16)7-5-12/h4-7,9-10H,8H2,1-3H3,(H2,17,18,21). The van der Waals surface area contributed by atoms with Crippen molar-refractivity contribution in [1.29, 1.82) is 0 Å². The molecule has 6 heteroatoms. The largest absolute Gasteiger partial charge is 0.359 e. The van der Waals surface area contributed by atoms with Crippen molar-refractivity contribution in [2.75, 3.05) is 0 Å². The molecular formula is C15H19ClN4S. The molecule has 0 fully saturated rings. The summed E-state index contributed by atoms with van der Waals surface area (Å²) in [5.74, 6) is 0. The van der Waals surface area contributed by atoms with Crippen molar-refractivity contribution < 1.29 is 0 Å². The Bertz CT molecular complexity index is 621. The zero-order chi connectivity index (χ0) is 15.4. The first kappa shape index (κ1) is 15.8. The molecule has 2 aromatic rings. The molecule has 4 nitrogen and oxygen atoms in total. The maximum Gasteiger partial charge on any atom is 0.167 e. The molecule has 0 saturated carbocycles. The average molecular weight is 323 g/mol. The molecule has 0 aliphatic rings. The fourth-order valence-corrected chi connectivity index (χ4v) is 2.53. The molecule has 2 rings (SSSR count). The van der Waals surface area contributed by atoms with Gasteiger partial charge in [-0.3, -0.25) is 4.68 Å². The van der Waals surface area contributed by atoms with Gasteiger partial charge in [-0.25, -0.2) is 0 Å². The van der Waals surface area contributed by atoms with Crippen LogP contribution in [0.4, 0.5) is 0 Å². The number of aromatic nitrogens is 2. The highest BCUT2D eigenvalue weighted by Gasteiger charge is 2.12. The van der Waals surface area contributed by atoms with E-state index in [4.69, 9.17) is 23.8 Å². The summed E-state index contributed by atoms with van der Waals surface area (Å²) >= 11 is 11.2. The fourth-order valence-electron chi connectivity index (χ4n) is 2.15. The topological polar surface area (TPSA) is 41.9 Å². The third kappa shape index (κ3) is 4.44. The number of halogens is 1. The van der Waals surface area contributed by atoms with Crippen molar-refractivity contribution in [3.8, 4) is 0 Å². The highest BCUT2D eigenvalue weighted by molar-refractivity contribution is 7.80. The van der Waals surface area contributed by atoms with Gasteiger partial charge in [0.25, 0.3) is 0 Å². The van der Waals surface area contributed by atoms with E-state index in [0.717, 1.165) is 21.8 Å². The molecule has 1 atom stereocenters. The predicted molar refractivity (Wildman–Crippen MR) is 90.4 cm³/mol. The van der Waals surface area contributed by atoms with Gasteiger partial charge in [-0.15, -0.1) is 0 Å². The monoisotopic (exact) mass is 322 g/mol. The molecule has 0 spiro atoms. The third-order valence-electron chi connectivity index (χ3n) is 3.23. The molecule has 112 valence electrons. The van der Waals surface area contributed by atoms with E-state index >= 15 is 0 Å². The minimum Gasteiger partial charge on any atom is -0.359 e. The molecule has 0 radical (unpaired) electrons. The zero-order valence-electron chi connectivity index (χ0n) is 12.4. The first-order valence-corrected chi connectivity index (χ1v) is 7.53. The zero-order valence-corrected chi connectivity index (χ0v) is 13.9. The second kappa shape index (κ2) is 6.91. The minimum atomic E-state index is 0.115. The second-order valence-corrected chi connectivity index (χ2v) is 5.86. The summed E-state index contributed by atoms with van der Waals surface area (Å²) in [6, 6.07) is 7.82. The lowest BCUT2D eigenvalue weighted by Gasteiger charge is -2.16. The number of aryl methyl sites for hydroxylation is 2. The summed E-state index contributed by atoms with van der Waals surface area (Å²) < 4.78 is 1.81. The van der Waals surface area contributed by atoms with Gasteiger partial charge in [0.1, 0.15) is 0 Å². The Balaban J connectivity index is 1.87. The number of nitrogens with zero attached hydrogens (tertiary/aromatic N) is 2. The Kier molecular flexibility index (Phi) is 5.20. The molecule has 0 saturated heterocycles. The number of benzene rings is 1. The second-order valence-electron chi connectivity index (χ2n) is 5.02. The van der Waals surface area contributed by atoms with Crippen LogP contribution in [0.15, 0.2) is 30.5 Å². The van der Waals surface area contributed by atoms with Gasteiger partial charge in [-0.2, -0.15) is 5.10 Å². The van der Waals surface area contributed by atoms with Gasteiger partial charge in [0.15, 0.2) is 5.11 Å². The molecular weight excluding hydrogens is 304 g/mol. The van der Waals surface area contributed by atoms with Crippen LogP contribution < -0.4 is 10.6 Å². The molecule has 1 aromatic carbocycles. The van der Waals surface area contributed by atoms with E-state index in [1.807, 2.05) is 49.1 Å². The molecule has 0 amide bonds. The van der Waals surface area contributed by atoms with Crippen LogP contribution in [-0.4, -0.2) is 14.9 Å². The molecule has 0 aliphatic carbocycles. The number of rotatable bonds is 4. The SMILES string of the molecule is Cc1nn(C)cc1C(C)NC(=S)NCc1ccc(Cl)cc1. The smallest absolute Gasteiger partial charge is 0.167 e. The molecule has 0 bridgehead atoms. The highest BCUT2D eigenvalue weighted by atomic mass is 35.5. The van der Waals surface area contributed by atoms with E-state index in [1.165, 1.54) is 0 Å². The first-order valence-electron chi connectivity index (χ1n) is 6.74. The highest BCUT2D eigenvalue weighted by Crippen LogP contribution is 2.15. The average Bonchev–Trinajstić information content (AvgIpc) is 2.77. The Labute approximate surface area is 135 Å². The van der Waals surface area contributed by atoms with Crippen LogP contribution in [-0.2, 0) is 13.6 Å².